The molecule has 0 aliphatic carbocycles. The van der Waals surface area contributed by atoms with Crippen LogP contribution < -0.4 is 14.4 Å². The van der Waals surface area contributed by atoms with Gasteiger partial charge >= 0.3 is 12.4 Å². The lowest BCUT2D eigenvalue weighted by molar-refractivity contribution is -0.159. The second-order valence-electron chi connectivity index (χ2n) is 5.23. The molecule has 0 radical (unpaired) electrons. The number of nitrogens with zero attached hydrogens (tertiary/aromatic N) is 3. The van der Waals surface area contributed by atoms with Crippen molar-refractivity contribution in [3.8, 4) is 11.6 Å². The minimum atomic E-state index is -4.96. The zero-order valence-corrected chi connectivity index (χ0v) is 14.2. The molecule has 2 aromatic rings. The number of halogens is 6. The summed E-state index contributed by atoms with van der Waals surface area (Å²) in [6.07, 6.45) is -9.37. The van der Waals surface area contributed by atoms with Crippen LogP contribution in [0.25, 0.3) is 0 Å². The van der Waals surface area contributed by atoms with E-state index in [1.165, 1.54) is 12.0 Å². The SMILES string of the molecule is CCN(c1ccc(OC)cc1)c1ncc(C(F)(F)F)c(OCC(F)(F)F)n1. The molecule has 0 N–H and O–H groups in total. The van der Waals surface area contributed by atoms with Gasteiger partial charge in [-0.15, -0.1) is 0 Å². The quantitative estimate of drug-likeness (QED) is 0.669. The lowest BCUT2D eigenvalue weighted by Crippen LogP contribution is -2.24. The average Bonchev–Trinajstić information content (AvgIpc) is 2.60. The fourth-order valence-electron chi connectivity index (χ4n) is 2.14. The van der Waals surface area contributed by atoms with Gasteiger partial charge in [0.05, 0.1) is 7.11 Å². The van der Waals surface area contributed by atoms with E-state index in [-0.39, 0.29) is 12.5 Å². The molecule has 11 heteroatoms. The molecule has 0 saturated heterocycles. The maximum atomic E-state index is 13.0. The first-order valence-corrected chi connectivity index (χ1v) is 7.60. The Morgan fingerprint density at radius 2 is 1.67 bits per heavy atom. The molecule has 0 unspecified atom stereocenters. The molecule has 27 heavy (non-hydrogen) atoms. The highest BCUT2D eigenvalue weighted by molar-refractivity contribution is 5.58. The first-order chi connectivity index (χ1) is 12.5. The van der Waals surface area contributed by atoms with Gasteiger partial charge in [-0.05, 0) is 31.2 Å². The number of methoxy groups -OCH3 is 1. The number of benzene rings is 1. The smallest absolute Gasteiger partial charge is 0.423 e. The highest BCUT2D eigenvalue weighted by Gasteiger charge is 2.38. The molecular formula is C16H15F6N3O2. The van der Waals surface area contributed by atoms with Gasteiger partial charge in [0.25, 0.3) is 0 Å². The second-order valence-corrected chi connectivity index (χ2v) is 5.23. The van der Waals surface area contributed by atoms with Gasteiger partial charge in [0, 0.05) is 18.4 Å². The molecule has 0 aliphatic rings. The van der Waals surface area contributed by atoms with Gasteiger partial charge in [-0.1, -0.05) is 0 Å². The van der Waals surface area contributed by atoms with Crippen LogP contribution >= 0.6 is 0 Å². The molecule has 1 aromatic heterocycles. The maximum absolute atomic E-state index is 13.0. The van der Waals surface area contributed by atoms with Crippen LogP contribution in [-0.4, -0.2) is 36.4 Å². The fraction of sp³-hybridized carbons (Fsp3) is 0.375. The number of hydrogen-bond donors (Lipinski definition) is 0. The van der Waals surface area contributed by atoms with Crippen LogP contribution in [0.15, 0.2) is 30.5 Å². The zero-order valence-electron chi connectivity index (χ0n) is 14.2. The van der Waals surface area contributed by atoms with Gasteiger partial charge in [-0.3, -0.25) is 0 Å². The third-order valence-electron chi connectivity index (χ3n) is 3.36. The van der Waals surface area contributed by atoms with E-state index in [1.807, 2.05) is 0 Å². The average molecular weight is 395 g/mol. The van der Waals surface area contributed by atoms with Crippen LogP contribution in [0.4, 0.5) is 38.0 Å². The van der Waals surface area contributed by atoms with E-state index in [0.29, 0.717) is 17.6 Å². The van der Waals surface area contributed by atoms with E-state index in [0.717, 1.165) is 0 Å². The molecule has 0 spiro atoms. The van der Waals surface area contributed by atoms with Crippen molar-refractivity contribution in [2.75, 3.05) is 25.2 Å². The summed E-state index contributed by atoms with van der Waals surface area (Å²) in [5.74, 6) is -0.859. The molecule has 0 fully saturated rings. The van der Waals surface area contributed by atoms with Gasteiger partial charge in [-0.25, -0.2) is 4.98 Å². The monoisotopic (exact) mass is 395 g/mol. The van der Waals surface area contributed by atoms with Crippen LogP contribution in [0.3, 0.4) is 0 Å². The Morgan fingerprint density at radius 3 is 2.15 bits per heavy atom. The molecule has 0 atom stereocenters. The number of anilines is 2. The summed E-state index contributed by atoms with van der Waals surface area (Å²) in [7, 11) is 1.47. The molecule has 1 heterocycles. The molecule has 148 valence electrons. The van der Waals surface area contributed by atoms with Crippen molar-refractivity contribution in [1.29, 1.82) is 0 Å². The normalized spacial score (nSPS) is 12.0. The van der Waals surface area contributed by atoms with E-state index in [1.54, 1.807) is 31.2 Å². The largest absolute Gasteiger partial charge is 0.497 e. The summed E-state index contributed by atoms with van der Waals surface area (Å²) < 4.78 is 85.5. The van der Waals surface area contributed by atoms with Gasteiger partial charge in [0.2, 0.25) is 11.8 Å². The highest BCUT2D eigenvalue weighted by atomic mass is 19.4. The summed E-state index contributed by atoms with van der Waals surface area (Å²) in [5.41, 5.74) is -0.971. The third-order valence-corrected chi connectivity index (χ3v) is 3.36. The summed E-state index contributed by atoms with van der Waals surface area (Å²) in [6, 6.07) is 6.45. The standard InChI is InChI=1S/C16H15F6N3O2/c1-3-25(10-4-6-11(26-2)7-5-10)14-23-8-12(16(20,21)22)13(24-14)27-9-15(17,18)19/h4-8H,3,9H2,1-2H3. The molecule has 2 rings (SSSR count). The van der Waals surface area contributed by atoms with Gasteiger partial charge in [0.1, 0.15) is 11.3 Å². The first-order valence-electron chi connectivity index (χ1n) is 7.60. The Balaban J connectivity index is 2.42. The number of ether oxygens (including phenoxy) is 2. The Kier molecular flexibility index (Phi) is 6.01. The zero-order chi connectivity index (χ0) is 20.2. The first kappa shape index (κ1) is 20.6. The molecular weight excluding hydrogens is 380 g/mol. The fourth-order valence-corrected chi connectivity index (χ4v) is 2.14. The van der Waals surface area contributed by atoms with Crippen molar-refractivity contribution in [3.05, 3.63) is 36.0 Å². The minimum absolute atomic E-state index is 0.229. The van der Waals surface area contributed by atoms with Crippen molar-refractivity contribution in [2.45, 2.75) is 19.3 Å². The van der Waals surface area contributed by atoms with Crippen LogP contribution in [0.5, 0.6) is 11.6 Å². The van der Waals surface area contributed by atoms with E-state index in [2.05, 4.69) is 14.7 Å². The third kappa shape index (κ3) is 5.38. The lowest BCUT2D eigenvalue weighted by atomic mass is 10.2. The Labute approximate surface area is 150 Å². The topological polar surface area (TPSA) is 47.5 Å². The van der Waals surface area contributed by atoms with E-state index in [9.17, 15) is 26.3 Å². The molecule has 0 bridgehead atoms. The number of aromatic nitrogens is 2. The summed E-state index contributed by atoms with van der Waals surface area (Å²) in [5, 5.41) is 0. The van der Waals surface area contributed by atoms with Crippen molar-refractivity contribution in [3.63, 3.8) is 0 Å². The number of hydrogen-bond acceptors (Lipinski definition) is 5. The van der Waals surface area contributed by atoms with Crippen molar-refractivity contribution < 1.29 is 35.8 Å². The lowest BCUT2D eigenvalue weighted by Gasteiger charge is -2.22. The Morgan fingerprint density at radius 1 is 1.04 bits per heavy atom. The molecule has 0 saturated carbocycles. The van der Waals surface area contributed by atoms with Crippen molar-refractivity contribution >= 4 is 11.6 Å². The van der Waals surface area contributed by atoms with E-state index < -0.39 is 30.4 Å². The van der Waals surface area contributed by atoms with Gasteiger partial charge in [0.15, 0.2) is 6.61 Å². The summed E-state index contributed by atoms with van der Waals surface area (Å²) in [4.78, 5) is 8.63. The van der Waals surface area contributed by atoms with Gasteiger partial charge in [-0.2, -0.15) is 31.3 Å². The number of alkyl halides is 6. The van der Waals surface area contributed by atoms with Crippen LogP contribution in [0, 0.1) is 0 Å². The van der Waals surface area contributed by atoms with Gasteiger partial charge < -0.3 is 14.4 Å². The Bertz CT molecular complexity index is 762. The maximum Gasteiger partial charge on any atom is 0.423 e. The predicted molar refractivity (Wildman–Crippen MR) is 84.3 cm³/mol. The van der Waals surface area contributed by atoms with E-state index >= 15 is 0 Å². The number of rotatable bonds is 6. The Hall–Kier alpha value is -2.72. The van der Waals surface area contributed by atoms with Crippen LogP contribution in [-0.2, 0) is 6.18 Å². The molecule has 0 amide bonds. The highest BCUT2D eigenvalue weighted by Crippen LogP contribution is 2.37. The molecule has 0 aliphatic heterocycles. The molecule has 1 aromatic carbocycles. The van der Waals surface area contributed by atoms with E-state index in [4.69, 9.17) is 4.74 Å². The van der Waals surface area contributed by atoms with Crippen LogP contribution in [0.1, 0.15) is 12.5 Å². The molecule has 5 nitrogen and oxygen atoms in total. The summed E-state index contributed by atoms with van der Waals surface area (Å²) in [6.45, 7) is 0.0269. The van der Waals surface area contributed by atoms with Crippen molar-refractivity contribution in [1.82, 2.24) is 9.97 Å². The van der Waals surface area contributed by atoms with Crippen molar-refractivity contribution in [2.24, 2.45) is 0 Å². The minimum Gasteiger partial charge on any atom is -0.497 e. The second kappa shape index (κ2) is 7.89. The predicted octanol–water partition coefficient (Wildman–Crippen LogP) is 4.60. The summed E-state index contributed by atoms with van der Waals surface area (Å²) >= 11 is 0. The van der Waals surface area contributed by atoms with Crippen LogP contribution in [0.2, 0.25) is 0 Å².